The molecule has 2 saturated heterocycles. The van der Waals surface area contributed by atoms with Crippen LogP contribution in [0.1, 0.15) is 12.8 Å². The van der Waals surface area contributed by atoms with E-state index in [1.54, 1.807) is 18.1 Å². The highest BCUT2D eigenvalue weighted by Crippen LogP contribution is 2.31. The van der Waals surface area contributed by atoms with Crippen LogP contribution >= 0.6 is 11.3 Å². The van der Waals surface area contributed by atoms with Gasteiger partial charge in [-0.05, 0) is 24.6 Å². The molecule has 10 heteroatoms. The van der Waals surface area contributed by atoms with Crippen molar-refractivity contribution in [3.63, 3.8) is 0 Å². The van der Waals surface area contributed by atoms with E-state index in [9.17, 15) is 18.0 Å². The molecule has 2 unspecified atom stereocenters. The average Bonchev–Trinajstić information content (AvgIpc) is 3.30. The smallest absolute Gasteiger partial charge is 0.231 e. The standard InChI is InChI=1S/C17H19N3O5S2/c1-25-12-2-3-13-14(7-12)26-17(18-13)19-16(22)10-6-15(21)20(8-10)11-4-5-27(23,24)9-11/h2-3,7,10-11H,4-6,8-9H2,1H3,(H,18,19,22). The number of rotatable bonds is 4. The number of hydrogen-bond donors (Lipinski definition) is 1. The van der Waals surface area contributed by atoms with Crippen molar-refractivity contribution in [3.8, 4) is 5.75 Å². The van der Waals surface area contributed by atoms with Crippen LogP contribution in [0.5, 0.6) is 5.75 Å². The zero-order valence-corrected chi connectivity index (χ0v) is 16.3. The van der Waals surface area contributed by atoms with Crippen LogP contribution in [0.25, 0.3) is 10.2 Å². The van der Waals surface area contributed by atoms with Gasteiger partial charge in [-0.3, -0.25) is 9.59 Å². The number of aromatic nitrogens is 1. The van der Waals surface area contributed by atoms with Gasteiger partial charge in [-0.15, -0.1) is 0 Å². The van der Waals surface area contributed by atoms with E-state index < -0.39 is 15.8 Å². The summed E-state index contributed by atoms with van der Waals surface area (Å²) in [5, 5.41) is 3.26. The Morgan fingerprint density at radius 2 is 2.22 bits per heavy atom. The van der Waals surface area contributed by atoms with E-state index in [-0.39, 0.29) is 42.3 Å². The minimum Gasteiger partial charge on any atom is -0.497 e. The lowest BCUT2D eigenvalue weighted by Gasteiger charge is -2.22. The Morgan fingerprint density at radius 1 is 1.41 bits per heavy atom. The topological polar surface area (TPSA) is 106 Å². The van der Waals surface area contributed by atoms with E-state index in [1.807, 2.05) is 12.1 Å². The molecule has 1 aromatic heterocycles. The Hall–Kier alpha value is -2.20. The van der Waals surface area contributed by atoms with Crippen LogP contribution < -0.4 is 10.1 Å². The molecule has 2 aliphatic rings. The van der Waals surface area contributed by atoms with Crippen LogP contribution in [0, 0.1) is 5.92 Å². The molecule has 3 heterocycles. The molecule has 0 bridgehead atoms. The summed E-state index contributed by atoms with van der Waals surface area (Å²) < 4.78 is 29.4. The number of sulfone groups is 1. The normalized spacial score (nSPS) is 24.5. The summed E-state index contributed by atoms with van der Waals surface area (Å²) in [6.45, 7) is 0.254. The molecule has 2 fully saturated rings. The van der Waals surface area contributed by atoms with Crippen LogP contribution in [0.4, 0.5) is 5.13 Å². The number of fused-ring (bicyclic) bond motifs is 1. The maximum atomic E-state index is 12.6. The van der Waals surface area contributed by atoms with Gasteiger partial charge in [-0.2, -0.15) is 0 Å². The third-order valence-corrected chi connectivity index (χ3v) is 7.69. The Labute approximate surface area is 160 Å². The molecule has 0 aliphatic carbocycles. The first-order chi connectivity index (χ1) is 12.8. The molecule has 2 amide bonds. The zero-order valence-electron chi connectivity index (χ0n) is 14.7. The third kappa shape index (κ3) is 3.63. The number of hydrogen-bond acceptors (Lipinski definition) is 7. The molecule has 1 N–H and O–H groups in total. The highest BCUT2D eigenvalue weighted by molar-refractivity contribution is 7.91. The van der Waals surface area contributed by atoms with E-state index in [0.29, 0.717) is 17.3 Å². The van der Waals surface area contributed by atoms with E-state index in [0.717, 1.165) is 10.2 Å². The predicted molar refractivity (Wildman–Crippen MR) is 102 cm³/mol. The maximum Gasteiger partial charge on any atom is 0.231 e. The summed E-state index contributed by atoms with van der Waals surface area (Å²) in [6.07, 6.45) is 0.545. The average molecular weight is 409 g/mol. The lowest BCUT2D eigenvalue weighted by molar-refractivity contribution is -0.129. The molecule has 144 valence electrons. The van der Waals surface area contributed by atoms with Crippen LogP contribution in [-0.2, 0) is 19.4 Å². The van der Waals surface area contributed by atoms with Crippen molar-refractivity contribution in [2.45, 2.75) is 18.9 Å². The number of nitrogens with zero attached hydrogens (tertiary/aromatic N) is 2. The highest BCUT2D eigenvalue weighted by Gasteiger charge is 2.42. The number of thiazole rings is 1. The second-order valence-corrected chi connectivity index (χ2v) is 10.1. The number of ether oxygens (including phenoxy) is 1. The Morgan fingerprint density at radius 3 is 2.93 bits per heavy atom. The number of carbonyl (C=O) groups excluding carboxylic acids is 2. The molecular weight excluding hydrogens is 390 g/mol. The summed E-state index contributed by atoms with van der Waals surface area (Å²) in [4.78, 5) is 30.8. The van der Waals surface area contributed by atoms with Crippen molar-refractivity contribution in [3.05, 3.63) is 18.2 Å². The summed E-state index contributed by atoms with van der Waals surface area (Å²) in [6, 6.07) is 5.16. The molecule has 1 aromatic carbocycles. The first-order valence-corrected chi connectivity index (χ1v) is 11.2. The minimum atomic E-state index is -3.08. The van der Waals surface area contributed by atoms with Crippen molar-refractivity contribution < 1.29 is 22.7 Å². The third-order valence-electron chi connectivity index (χ3n) is 5.00. The van der Waals surface area contributed by atoms with Gasteiger partial charge in [-0.1, -0.05) is 11.3 Å². The van der Waals surface area contributed by atoms with Crippen LogP contribution in [0.15, 0.2) is 18.2 Å². The number of carbonyl (C=O) groups is 2. The molecular formula is C17H19N3O5S2. The zero-order chi connectivity index (χ0) is 19.2. The first kappa shape index (κ1) is 18.2. The Balaban J connectivity index is 1.44. The van der Waals surface area contributed by atoms with Crippen LogP contribution in [0.2, 0.25) is 0 Å². The van der Waals surface area contributed by atoms with Gasteiger partial charge in [0.25, 0.3) is 0 Å². The van der Waals surface area contributed by atoms with E-state index in [4.69, 9.17) is 4.74 Å². The number of likely N-dealkylation sites (tertiary alicyclic amines) is 1. The van der Waals surface area contributed by atoms with Crippen molar-refractivity contribution in [2.24, 2.45) is 5.92 Å². The molecule has 0 spiro atoms. The molecule has 2 aromatic rings. The Bertz CT molecular complexity index is 1020. The van der Waals surface area contributed by atoms with Crippen LogP contribution in [0.3, 0.4) is 0 Å². The fourth-order valence-electron chi connectivity index (χ4n) is 3.57. The van der Waals surface area contributed by atoms with Crippen molar-refractivity contribution in [1.29, 1.82) is 0 Å². The summed E-state index contributed by atoms with van der Waals surface area (Å²) in [5.74, 6) is -0.112. The fourth-order valence-corrected chi connectivity index (χ4v) is 6.20. The van der Waals surface area contributed by atoms with Crippen molar-refractivity contribution >= 4 is 48.3 Å². The van der Waals surface area contributed by atoms with Gasteiger partial charge < -0.3 is 15.0 Å². The maximum absolute atomic E-state index is 12.6. The monoisotopic (exact) mass is 409 g/mol. The summed E-state index contributed by atoms with van der Waals surface area (Å²) in [7, 11) is -1.49. The number of methoxy groups -OCH3 is 1. The lowest BCUT2D eigenvalue weighted by Crippen LogP contribution is -2.38. The van der Waals surface area contributed by atoms with Gasteiger partial charge in [0, 0.05) is 19.0 Å². The molecule has 2 atom stereocenters. The van der Waals surface area contributed by atoms with Gasteiger partial charge in [-0.25, -0.2) is 13.4 Å². The number of anilines is 1. The summed E-state index contributed by atoms with van der Waals surface area (Å²) in [5.41, 5.74) is 0.761. The lowest BCUT2D eigenvalue weighted by atomic mass is 10.1. The molecule has 0 radical (unpaired) electrons. The van der Waals surface area contributed by atoms with E-state index >= 15 is 0 Å². The van der Waals surface area contributed by atoms with Crippen molar-refractivity contribution in [1.82, 2.24) is 9.88 Å². The number of nitrogens with one attached hydrogen (secondary N) is 1. The Kier molecular flexibility index (Phi) is 4.55. The SMILES string of the molecule is COc1ccc2nc(NC(=O)C3CC(=O)N(C4CCS(=O)(=O)C4)C3)sc2c1. The fraction of sp³-hybridized carbons (Fsp3) is 0.471. The number of amides is 2. The summed E-state index contributed by atoms with van der Waals surface area (Å²) >= 11 is 1.34. The first-order valence-electron chi connectivity index (χ1n) is 8.60. The minimum absolute atomic E-state index is 0.00716. The van der Waals surface area contributed by atoms with Gasteiger partial charge >= 0.3 is 0 Å². The molecule has 27 heavy (non-hydrogen) atoms. The van der Waals surface area contributed by atoms with Gasteiger partial charge in [0.05, 0.1) is 34.8 Å². The van der Waals surface area contributed by atoms with E-state index in [1.165, 1.54) is 11.3 Å². The molecule has 8 nitrogen and oxygen atoms in total. The highest BCUT2D eigenvalue weighted by atomic mass is 32.2. The second kappa shape index (κ2) is 6.75. The quantitative estimate of drug-likeness (QED) is 0.815. The predicted octanol–water partition coefficient (Wildman–Crippen LogP) is 1.28. The van der Waals surface area contributed by atoms with Crippen LogP contribution in [-0.4, -0.2) is 61.3 Å². The molecule has 4 rings (SSSR count). The second-order valence-electron chi connectivity index (χ2n) is 6.85. The van der Waals surface area contributed by atoms with Gasteiger partial charge in [0.15, 0.2) is 15.0 Å². The van der Waals surface area contributed by atoms with Crippen molar-refractivity contribution in [2.75, 3.05) is 30.5 Å². The molecule has 2 aliphatic heterocycles. The van der Waals surface area contributed by atoms with Gasteiger partial charge in [0.2, 0.25) is 11.8 Å². The van der Waals surface area contributed by atoms with E-state index in [2.05, 4.69) is 10.3 Å². The number of benzene rings is 1. The largest absolute Gasteiger partial charge is 0.497 e. The van der Waals surface area contributed by atoms with Gasteiger partial charge in [0.1, 0.15) is 5.75 Å². The molecule has 0 saturated carbocycles.